The van der Waals surface area contributed by atoms with Gasteiger partial charge in [-0.05, 0) is 48.4 Å². The molecule has 1 fully saturated rings. The maximum absolute atomic E-state index is 12.9. The minimum absolute atomic E-state index is 0.213. The van der Waals surface area contributed by atoms with E-state index < -0.39 is 11.7 Å². The Balaban J connectivity index is 2.32. The Hall–Kier alpha value is -1.27. The van der Waals surface area contributed by atoms with Crippen LogP contribution >= 0.6 is 0 Å². The van der Waals surface area contributed by atoms with E-state index in [1.54, 1.807) is 0 Å². The molecular weight excluding hydrogens is 279 g/mol. The van der Waals surface area contributed by atoms with Gasteiger partial charge in [-0.3, -0.25) is 11.3 Å². The number of hydrogen-bond donors (Lipinski definition) is 3. The van der Waals surface area contributed by atoms with Crippen LogP contribution in [-0.2, 0) is 6.18 Å². The highest BCUT2D eigenvalue weighted by molar-refractivity contribution is 5.51. The highest BCUT2D eigenvalue weighted by Gasteiger charge is 2.33. The van der Waals surface area contributed by atoms with Crippen LogP contribution < -0.4 is 17.0 Å². The first-order valence-electron chi connectivity index (χ1n) is 7.25. The minimum atomic E-state index is -4.37. The molecule has 0 spiro atoms. The predicted octanol–water partition coefficient (Wildman–Crippen LogP) is 3.62. The van der Waals surface area contributed by atoms with Crippen molar-refractivity contribution in [3.8, 4) is 0 Å². The lowest BCUT2D eigenvalue weighted by molar-refractivity contribution is -0.137. The Labute approximate surface area is 122 Å². The van der Waals surface area contributed by atoms with Crippen molar-refractivity contribution in [1.82, 2.24) is 5.43 Å². The Kier molecular flexibility index (Phi) is 4.78. The van der Waals surface area contributed by atoms with E-state index >= 15 is 0 Å². The van der Waals surface area contributed by atoms with E-state index in [0.717, 1.165) is 37.8 Å². The smallest absolute Gasteiger partial charge is 0.398 e. The number of hydrazine groups is 1. The number of anilines is 1. The lowest BCUT2D eigenvalue weighted by atomic mass is 9.76. The van der Waals surface area contributed by atoms with Gasteiger partial charge in [0.2, 0.25) is 0 Å². The highest BCUT2D eigenvalue weighted by Crippen LogP contribution is 2.40. The maximum Gasteiger partial charge on any atom is 0.416 e. The molecule has 1 aromatic rings. The number of nitrogen functional groups attached to an aromatic ring is 1. The van der Waals surface area contributed by atoms with Gasteiger partial charge < -0.3 is 5.73 Å². The van der Waals surface area contributed by atoms with Gasteiger partial charge in [0.05, 0.1) is 11.6 Å². The Morgan fingerprint density at radius 3 is 2.57 bits per heavy atom. The summed E-state index contributed by atoms with van der Waals surface area (Å²) >= 11 is 0. The van der Waals surface area contributed by atoms with E-state index in [9.17, 15) is 13.2 Å². The summed E-state index contributed by atoms with van der Waals surface area (Å²) < 4.78 is 38.6. The molecule has 118 valence electrons. The average Bonchev–Trinajstić information content (AvgIpc) is 2.40. The molecule has 6 heteroatoms. The molecule has 3 unspecified atom stereocenters. The molecular formula is C15H22F3N3. The Bertz CT molecular complexity index is 488. The molecule has 1 aliphatic carbocycles. The first-order chi connectivity index (χ1) is 9.82. The average molecular weight is 301 g/mol. The predicted molar refractivity (Wildman–Crippen MR) is 77.0 cm³/mol. The summed E-state index contributed by atoms with van der Waals surface area (Å²) in [6, 6.07) is 3.11. The third kappa shape index (κ3) is 3.68. The van der Waals surface area contributed by atoms with E-state index in [0.29, 0.717) is 17.2 Å². The SMILES string of the molecule is CC1CCCC(C(NN)c2cc(C(F)(F)F)ccc2N)C1. The van der Waals surface area contributed by atoms with Crippen LogP contribution in [-0.4, -0.2) is 0 Å². The molecule has 5 N–H and O–H groups in total. The molecule has 0 aromatic heterocycles. The van der Waals surface area contributed by atoms with Crippen LogP contribution in [0.5, 0.6) is 0 Å². The molecule has 0 radical (unpaired) electrons. The van der Waals surface area contributed by atoms with Crippen LogP contribution in [0, 0.1) is 11.8 Å². The van der Waals surface area contributed by atoms with Crippen LogP contribution in [0.15, 0.2) is 18.2 Å². The maximum atomic E-state index is 12.9. The zero-order valence-electron chi connectivity index (χ0n) is 12.1. The van der Waals surface area contributed by atoms with Crippen molar-refractivity contribution in [2.24, 2.45) is 17.7 Å². The molecule has 0 bridgehead atoms. The number of rotatable bonds is 3. The summed E-state index contributed by atoms with van der Waals surface area (Å²) in [5.74, 6) is 6.40. The van der Waals surface area contributed by atoms with Crippen molar-refractivity contribution in [3.05, 3.63) is 29.3 Å². The van der Waals surface area contributed by atoms with Gasteiger partial charge in [-0.2, -0.15) is 13.2 Å². The molecule has 1 saturated carbocycles. The molecule has 0 aliphatic heterocycles. The number of benzene rings is 1. The van der Waals surface area contributed by atoms with Crippen molar-refractivity contribution in [3.63, 3.8) is 0 Å². The first kappa shape index (κ1) is 16.1. The van der Waals surface area contributed by atoms with Crippen LogP contribution in [0.25, 0.3) is 0 Å². The molecule has 2 rings (SSSR count). The molecule has 21 heavy (non-hydrogen) atoms. The number of alkyl halides is 3. The van der Waals surface area contributed by atoms with Gasteiger partial charge >= 0.3 is 6.18 Å². The molecule has 1 aromatic carbocycles. The fourth-order valence-electron chi connectivity index (χ4n) is 3.28. The third-order valence-electron chi connectivity index (χ3n) is 4.38. The van der Waals surface area contributed by atoms with Crippen molar-refractivity contribution >= 4 is 5.69 Å². The highest BCUT2D eigenvalue weighted by atomic mass is 19.4. The Morgan fingerprint density at radius 1 is 1.29 bits per heavy atom. The van der Waals surface area contributed by atoms with Crippen LogP contribution in [0.1, 0.15) is 49.8 Å². The van der Waals surface area contributed by atoms with E-state index in [4.69, 9.17) is 11.6 Å². The molecule has 3 atom stereocenters. The van der Waals surface area contributed by atoms with Crippen molar-refractivity contribution in [2.75, 3.05) is 5.73 Å². The van der Waals surface area contributed by atoms with E-state index in [2.05, 4.69) is 12.3 Å². The fraction of sp³-hybridized carbons (Fsp3) is 0.600. The molecule has 1 aliphatic rings. The van der Waals surface area contributed by atoms with Gasteiger partial charge in [0.25, 0.3) is 0 Å². The number of hydrogen-bond acceptors (Lipinski definition) is 3. The monoisotopic (exact) mass is 301 g/mol. The van der Waals surface area contributed by atoms with Gasteiger partial charge in [0.15, 0.2) is 0 Å². The Morgan fingerprint density at radius 2 is 2.00 bits per heavy atom. The normalized spacial score (nSPS) is 24.8. The molecule has 0 amide bonds. The number of halogens is 3. The van der Waals surface area contributed by atoms with Gasteiger partial charge in [-0.1, -0.05) is 19.8 Å². The van der Waals surface area contributed by atoms with Gasteiger partial charge in [-0.15, -0.1) is 0 Å². The van der Waals surface area contributed by atoms with Crippen molar-refractivity contribution < 1.29 is 13.2 Å². The van der Waals surface area contributed by atoms with Crippen molar-refractivity contribution in [2.45, 2.75) is 44.8 Å². The topological polar surface area (TPSA) is 64.1 Å². The molecule has 0 saturated heterocycles. The third-order valence-corrected chi connectivity index (χ3v) is 4.38. The summed E-state index contributed by atoms with van der Waals surface area (Å²) in [7, 11) is 0. The van der Waals surface area contributed by atoms with Crippen molar-refractivity contribution in [1.29, 1.82) is 0 Å². The van der Waals surface area contributed by atoms with Gasteiger partial charge in [-0.25, -0.2) is 0 Å². The zero-order valence-corrected chi connectivity index (χ0v) is 12.1. The van der Waals surface area contributed by atoms with E-state index in [1.807, 2.05) is 0 Å². The van der Waals surface area contributed by atoms with Gasteiger partial charge in [0.1, 0.15) is 0 Å². The second-order valence-electron chi connectivity index (χ2n) is 6.02. The summed E-state index contributed by atoms with van der Waals surface area (Å²) in [5.41, 5.74) is 8.69. The lowest BCUT2D eigenvalue weighted by Crippen LogP contribution is -2.36. The summed E-state index contributed by atoms with van der Waals surface area (Å²) in [4.78, 5) is 0. The van der Waals surface area contributed by atoms with Crippen LogP contribution in [0.2, 0.25) is 0 Å². The summed E-state index contributed by atoms with van der Waals surface area (Å²) in [6.07, 6.45) is -0.240. The standard InChI is InChI=1S/C15H22F3N3/c1-9-3-2-4-10(7-9)14(21-20)12-8-11(15(16,17)18)5-6-13(12)19/h5-6,8-10,14,21H,2-4,7,19-20H2,1H3. The molecule has 3 nitrogen and oxygen atoms in total. The zero-order chi connectivity index (χ0) is 15.6. The summed E-state index contributed by atoms with van der Waals surface area (Å²) in [6.45, 7) is 2.16. The first-order valence-corrected chi connectivity index (χ1v) is 7.25. The second-order valence-corrected chi connectivity index (χ2v) is 6.02. The van der Waals surface area contributed by atoms with Crippen LogP contribution in [0.4, 0.5) is 18.9 Å². The van der Waals surface area contributed by atoms with E-state index in [-0.39, 0.29) is 12.0 Å². The summed E-state index contributed by atoms with van der Waals surface area (Å²) in [5, 5.41) is 0. The lowest BCUT2D eigenvalue weighted by Gasteiger charge is -2.34. The van der Waals surface area contributed by atoms with Crippen LogP contribution in [0.3, 0.4) is 0 Å². The minimum Gasteiger partial charge on any atom is -0.398 e. The largest absolute Gasteiger partial charge is 0.416 e. The number of nitrogens with two attached hydrogens (primary N) is 2. The van der Waals surface area contributed by atoms with E-state index in [1.165, 1.54) is 6.07 Å². The van der Waals surface area contributed by atoms with Gasteiger partial charge in [0, 0.05) is 5.69 Å². The quantitative estimate of drug-likeness (QED) is 0.454. The second kappa shape index (κ2) is 6.23. The molecule has 0 heterocycles. The number of nitrogens with one attached hydrogen (secondary N) is 1. The fourth-order valence-corrected chi connectivity index (χ4v) is 3.28.